The summed E-state index contributed by atoms with van der Waals surface area (Å²) in [4.78, 5) is 17.0. The maximum absolute atomic E-state index is 5.15. The minimum atomic E-state index is 0.0192. The summed E-state index contributed by atoms with van der Waals surface area (Å²) in [5.41, 5.74) is 4.79. The van der Waals surface area contributed by atoms with Gasteiger partial charge in [-0.3, -0.25) is 9.98 Å². The Bertz CT molecular complexity index is 1040. The molecule has 5 rings (SSSR count). The zero-order valence-electron chi connectivity index (χ0n) is 17.0. The van der Waals surface area contributed by atoms with Crippen molar-refractivity contribution in [3.05, 3.63) is 77.5 Å². The van der Waals surface area contributed by atoms with Gasteiger partial charge in [-0.15, -0.1) is 0 Å². The molecule has 1 saturated heterocycles. The minimum Gasteiger partial charge on any atom is -0.338 e. The third kappa shape index (κ3) is 2.97. The molecule has 0 spiro atoms. The number of hydrogen-bond acceptors (Lipinski definition) is 5. The lowest BCUT2D eigenvalue weighted by Crippen LogP contribution is -2.35. The topological polar surface area (TPSA) is 46.3 Å². The third-order valence-electron chi connectivity index (χ3n) is 6.00. The molecule has 0 bridgehead atoms. The quantitative estimate of drug-likeness (QED) is 0.624. The van der Waals surface area contributed by atoms with Gasteiger partial charge in [-0.1, -0.05) is 30.8 Å². The van der Waals surface area contributed by atoms with Gasteiger partial charge in [-0.05, 0) is 56.2 Å². The first-order chi connectivity index (χ1) is 14.2. The van der Waals surface area contributed by atoms with Crippen LogP contribution in [-0.4, -0.2) is 36.4 Å². The summed E-state index contributed by atoms with van der Waals surface area (Å²) in [6.07, 6.45) is 4.85. The van der Waals surface area contributed by atoms with Crippen molar-refractivity contribution in [3.63, 3.8) is 0 Å². The zero-order chi connectivity index (χ0) is 20.0. The number of aryl methyl sites for hydroxylation is 1. The van der Waals surface area contributed by atoms with Gasteiger partial charge in [0, 0.05) is 35.6 Å². The van der Waals surface area contributed by atoms with E-state index in [1.54, 1.807) is 0 Å². The second kappa shape index (κ2) is 7.34. The summed E-state index contributed by atoms with van der Waals surface area (Å²) < 4.78 is 2.26. The van der Waals surface area contributed by atoms with Crippen LogP contribution in [0.3, 0.4) is 0 Å². The molecule has 0 radical (unpaired) electrons. The lowest BCUT2D eigenvalue weighted by Gasteiger charge is -2.32. The predicted molar refractivity (Wildman–Crippen MR) is 119 cm³/mol. The number of aromatic nitrogens is 3. The van der Waals surface area contributed by atoms with Crippen LogP contribution in [0.25, 0.3) is 5.82 Å². The molecule has 5 heterocycles. The Labute approximate surface area is 175 Å². The van der Waals surface area contributed by atoms with Crippen molar-refractivity contribution in [1.29, 1.82) is 0 Å². The second-order valence-electron chi connectivity index (χ2n) is 7.69. The molecule has 3 atom stereocenters. The highest BCUT2D eigenvalue weighted by molar-refractivity contribution is 8.14. The van der Waals surface area contributed by atoms with Gasteiger partial charge < -0.3 is 9.47 Å². The smallest absolute Gasteiger partial charge is 0.160 e. The molecule has 2 aliphatic rings. The molecule has 0 unspecified atom stereocenters. The first kappa shape index (κ1) is 18.4. The molecule has 3 aromatic rings. The van der Waals surface area contributed by atoms with Crippen LogP contribution < -0.4 is 0 Å². The van der Waals surface area contributed by atoms with Crippen molar-refractivity contribution < 1.29 is 0 Å². The van der Waals surface area contributed by atoms with Crippen LogP contribution >= 0.6 is 11.8 Å². The van der Waals surface area contributed by atoms with Crippen molar-refractivity contribution in [3.8, 4) is 5.82 Å². The average Bonchev–Trinajstić information content (AvgIpc) is 3.40. The van der Waals surface area contributed by atoms with Crippen LogP contribution in [0.4, 0.5) is 0 Å². The second-order valence-corrected chi connectivity index (χ2v) is 8.67. The lowest BCUT2D eigenvalue weighted by atomic mass is 9.95. The molecule has 1 fully saturated rings. The molecule has 6 heteroatoms. The Morgan fingerprint density at radius 1 is 1.07 bits per heavy atom. The monoisotopic (exact) mass is 403 g/mol. The van der Waals surface area contributed by atoms with Crippen LogP contribution in [0.1, 0.15) is 48.1 Å². The highest BCUT2D eigenvalue weighted by Crippen LogP contribution is 2.49. The zero-order valence-corrected chi connectivity index (χ0v) is 17.8. The van der Waals surface area contributed by atoms with Gasteiger partial charge in [0.2, 0.25) is 0 Å². The van der Waals surface area contributed by atoms with Crippen molar-refractivity contribution in [1.82, 2.24) is 19.4 Å². The summed E-state index contributed by atoms with van der Waals surface area (Å²) in [6, 6.07) is 15.2. The van der Waals surface area contributed by atoms with Gasteiger partial charge >= 0.3 is 0 Å². The van der Waals surface area contributed by atoms with E-state index in [4.69, 9.17) is 4.99 Å². The molecule has 0 aliphatic carbocycles. The summed E-state index contributed by atoms with van der Waals surface area (Å²) in [6.45, 7) is 6.64. The van der Waals surface area contributed by atoms with E-state index in [2.05, 4.69) is 64.5 Å². The Kier molecular flexibility index (Phi) is 4.66. The Morgan fingerprint density at radius 2 is 1.86 bits per heavy atom. The van der Waals surface area contributed by atoms with Crippen LogP contribution in [-0.2, 0) is 0 Å². The van der Waals surface area contributed by atoms with Gasteiger partial charge in [0.25, 0.3) is 0 Å². The Morgan fingerprint density at radius 3 is 2.55 bits per heavy atom. The molecular formula is C23H25N5S. The van der Waals surface area contributed by atoms with E-state index in [1.807, 2.05) is 42.4 Å². The van der Waals surface area contributed by atoms with E-state index in [0.29, 0.717) is 6.04 Å². The molecule has 0 N–H and O–H groups in total. The first-order valence-corrected chi connectivity index (χ1v) is 11.2. The number of aliphatic imine (C=N–C) groups is 1. The number of fused-ring (bicyclic) bond motifs is 1. The van der Waals surface area contributed by atoms with Gasteiger partial charge in [0.15, 0.2) is 5.17 Å². The molecule has 0 saturated carbocycles. The van der Waals surface area contributed by atoms with Gasteiger partial charge in [-0.25, -0.2) is 4.98 Å². The fraction of sp³-hybridized carbons (Fsp3) is 0.348. The highest BCUT2D eigenvalue weighted by atomic mass is 32.2. The van der Waals surface area contributed by atoms with Crippen LogP contribution in [0.2, 0.25) is 0 Å². The predicted octanol–water partition coefficient (Wildman–Crippen LogP) is 4.86. The fourth-order valence-electron chi connectivity index (χ4n) is 4.61. The summed E-state index contributed by atoms with van der Waals surface area (Å²) >= 11 is 1.88. The lowest BCUT2D eigenvalue weighted by molar-refractivity contribution is 0.254. The number of pyridine rings is 2. The average molecular weight is 404 g/mol. The van der Waals surface area contributed by atoms with E-state index in [1.165, 1.54) is 22.1 Å². The first-order valence-electron chi connectivity index (χ1n) is 10.2. The number of rotatable bonds is 4. The standard InChI is InChI=1S/C23H25N5S/c1-4-17-14-29-23-26-21(19-9-5-7-11-24-19)22(28(17)23)18-13-15(2)27(16(18)3)20-10-6-8-12-25-20/h5-13,17,21-22H,4,14H2,1-3H3/t17-,21-,22+/m0/s1. The van der Waals surface area contributed by atoms with Crippen LogP contribution in [0.5, 0.6) is 0 Å². The molecule has 3 aromatic heterocycles. The van der Waals surface area contributed by atoms with E-state index in [9.17, 15) is 0 Å². The number of nitrogens with zero attached hydrogens (tertiary/aromatic N) is 5. The maximum Gasteiger partial charge on any atom is 0.160 e. The van der Waals surface area contributed by atoms with E-state index in [-0.39, 0.29) is 12.1 Å². The van der Waals surface area contributed by atoms with Gasteiger partial charge in [0.05, 0.1) is 11.7 Å². The summed E-state index contributed by atoms with van der Waals surface area (Å²) in [7, 11) is 0. The normalized spacial score (nSPS) is 23.3. The third-order valence-corrected chi connectivity index (χ3v) is 7.12. The van der Waals surface area contributed by atoms with Crippen molar-refractivity contribution in [2.24, 2.45) is 4.99 Å². The fourth-order valence-corrected chi connectivity index (χ4v) is 5.95. The largest absolute Gasteiger partial charge is 0.338 e. The summed E-state index contributed by atoms with van der Waals surface area (Å²) in [5, 5.41) is 1.17. The summed E-state index contributed by atoms with van der Waals surface area (Å²) in [5.74, 6) is 2.07. The van der Waals surface area contributed by atoms with Crippen molar-refractivity contribution in [2.45, 2.75) is 45.3 Å². The molecule has 5 nitrogen and oxygen atoms in total. The molecule has 0 amide bonds. The number of thioether (sulfide) groups is 1. The van der Waals surface area contributed by atoms with E-state index in [0.717, 1.165) is 23.7 Å². The van der Waals surface area contributed by atoms with Crippen molar-refractivity contribution in [2.75, 3.05) is 5.75 Å². The number of hydrogen-bond donors (Lipinski definition) is 0. The van der Waals surface area contributed by atoms with Gasteiger partial charge in [-0.2, -0.15) is 0 Å². The molecule has 2 aliphatic heterocycles. The van der Waals surface area contributed by atoms with Crippen LogP contribution in [0.15, 0.2) is 59.9 Å². The van der Waals surface area contributed by atoms with E-state index >= 15 is 0 Å². The molecule has 148 valence electrons. The molecule has 29 heavy (non-hydrogen) atoms. The van der Waals surface area contributed by atoms with Crippen LogP contribution in [0, 0.1) is 13.8 Å². The number of amidine groups is 1. The molecule has 0 aromatic carbocycles. The SMILES string of the molecule is CC[C@H]1CSC2=N[C@@H](c3ccccn3)[C@@H](c3cc(C)n(-c4ccccn4)c3C)N21. The minimum absolute atomic E-state index is 0.0192. The highest BCUT2D eigenvalue weighted by Gasteiger charge is 2.46. The Balaban J connectivity index is 1.64. The maximum atomic E-state index is 5.15. The van der Waals surface area contributed by atoms with Crippen molar-refractivity contribution >= 4 is 16.9 Å². The van der Waals surface area contributed by atoms with E-state index < -0.39 is 0 Å². The molecular weight excluding hydrogens is 378 g/mol. The Hall–Kier alpha value is -2.60. The van der Waals surface area contributed by atoms with Gasteiger partial charge in [0.1, 0.15) is 11.9 Å².